The van der Waals surface area contributed by atoms with Crippen molar-refractivity contribution in [1.82, 2.24) is 4.90 Å². The maximum atomic E-state index is 11.4. The molecule has 1 N–H and O–H groups in total. The molecule has 5 heteroatoms. The van der Waals surface area contributed by atoms with Crippen molar-refractivity contribution < 1.29 is 14.3 Å². The molecule has 0 atom stereocenters. The molecule has 0 fully saturated rings. The number of carbonyl (C=O) groups excluding carboxylic acids is 2. The number of anilines is 1. The van der Waals surface area contributed by atoms with Gasteiger partial charge in [-0.3, -0.25) is 0 Å². The molecule has 5 nitrogen and oxygen atoms in total. The summed E-state index contributed by atoms with van der Waals surface area (Å²) >= 11 is 0. The van der Waals surface area contributed by atoms with Crippen molar-refractivity contribution in [2.24, 2.45) is 0 Å². The van der Waals surface area contributed by atoms with Crippen LogP contribution in [-0.4, -0.2) is 37.6 Å². The number of hydrogen-bond donors (Lipinski definition) is 1. The minimum Gasteiger partial charge on any atom is -0.463 e. The lowest BCUT2D eigenvalue weighted by molar-refractivity contribution is -0.137. The summed E-state index contributed by atoms with van der Waals surface area (Å²) in [5.74, 6) is -0.368. The average Bonchev–Trinajstić information content (AvgIpc) is 2.38. The number of hydrogen-bond acceptors (Lipinski definition) is 3. The van der Waals surface area contributed by atoms with E-state index >= 15 is 0 Å². The molecule has 0 aliphatic heterocycles. The van der Waals surface area contributed by atoms with Crippen LogP contribution in [0.2, 0.25) is 0 Å². The normalized spacial score (nSPS) is 10.3. The molecule has 0 spiro atoms. The molecular weight excluding hydrogens is 244 g/mol. The maximum Gasteiger partial charge on any atom is 0.330 e. The van der Waals surface area contributed by atoms with Gasteiger partial charge in [0.2, 0.25) is 0 Å². The fourth-order valence-corrected chi connectivity index (χ4v) is 1.27. The second kappa shape index (κ2) is 7.20. The van der Waals surface area contributed by atoms with Gasteiger partial charge in [0.1, 0.15) is 0 Å². The van der Waals surface area contributed by atoms with E-state index in [9.17, 15) is 9.59 Å². The zero-order valence-electron chi connectivity index (χ0n) is 11.3. The molecule has 0 aliphatic carbocycles. The standard InChI is InChI=1S/C14H18N2O3/c1-4-19-13(17)10-7-11-5-8-12(9-6-11)15-14(18)16(2)3/h5-10H,4H2,1-3H3,(H,15,18)/b10-7-. The molecule has 0 aliphatic rings. The number of ether oxygens (including phenoxy) is 1. The Balaban J connectivity index is 2.61. The number of benzene rings is 1. The van der Waals surface area contributed by atoms with E-state index < -0.39 is 0 Å². The first-order chi connectivity index (χ1) is 9.02. The van der Waals surface area contributed by atoms with Crippen LogP contribution >= 0.6 is 0 Å². The Morgan fingerprint density at radius 1 is 1.26 bits per heavy atom. The first kappa shape index (κ1) is 14.8. The maximum absolute atomic E-state index is 11.4. The van der Waals surface area contributed by atoms with Crippen LogP contribution in [-0.2, 0) is 9.53 Å². The van der Waals surface area contributed by atoms with E-state index in [0.717, 1.165) is 5.56 Å². The molecule has 1 rings (SSSR count). The second-order valence-electron chi connectivity index (χ2n) is 4.03. The summed E-state index contributed by atoms with van der Waals surface area (Å²) in [6, 6.07) is 6.97. The van der Waals surface area contributed by atoms with Crippen LogP contribution < -0.4 is 5.32 Å². The molecule has 0 unspecified atom stereocenters. The van der Waals surface area contributed by atoms with Crippen molar-refractivity contribution in [3.8, 4) is 0 Å². The summed E-state index contributed by atoms with van der Waals surface area (Å²) in [5, 5.41) is 2.73. The molecule has 19 heavy (non-hydrogen) atoms. The highest BCUT2D eigenvalue weighted by Gasteiger charge is 2.02. The van der Waals surface area contributed by atoms with Crippen molar-refractivity contribution in [3.63, 3.8) is 0 Å². The van der Waals surface area contributed by atoms with Gasteiger partial charge in [-0.05, 0) is 30.7 Å². The van der Waals surface area contributed by atoms with Gasteiger partial charge in [0.15, 0.2) is 0 Å². The van der Waals surface area contributed by atoms with Gasteiger partial charge in [-0.15, -0.1) is 0 Å². The fraction of sp³-hybridized carbons (Fsp3) is 0.286. The Bertz CT molecular complexity index is 464. The highest BCUT2D eigenvalue weighted by Crippen LogP contribution is 2.11. The van der Waals surface area contributed by atoms with Crippen LogP contribution in [0.5, 0.6) is 0 Å². The number of nitrogens with zero attached hydrogens (tertiary/aromatic N) is 1. The number of rotatable bonds is 4. The van der Waals surface area contributed by atoms with Crippen molar-refractivity contribution in [2.75, 3.05) is 26.0 Å². The third-order valence-electron chi connectivity index (χ3n) is 2.27. The molecule has 102 valence electrons. The van der Waals surface area contributed by atoms with Crippen LogP contribution in [0.4, 0.5) is 10.5 Å². The lowest BCUT2D eigenvalue weighted by Gasteiger charge is -2.11. The Kier molecular flexibility index (Phi) is 5.60. The predicted molar refractivity (Wildman–Crippen MR) is 74.8 cm³/mol. The smallest absolute Gasteiger partial charge is 0.330 e. The van der Waals surface area contributed by atoms with Gasteiger partial charge in [0.05, 0.1) is 6.61 Å². The zero-order chi connectivity index (χ0) is 14.3. The third-order valence-corrected chi connectivity index (χ3v) is 2.27. The summed E-state index contributed by atoms with van der Waals surface area (Å²) in [7, 11) is 3.34. The van der Waals surface area contributed by atoms with Gasteiger partial charge in [-0.25, -0.2) is 9.59 Å². The van der Waals surface area contributed by atoms with E-state index in [1.165, 1.54) is 11.0 Å². The lowest BCUT2D eigenvalue weighted by atomic mass is 10.2. The largest absolute Gasteiger partial charge is 0.463 e. The number of urea groups is 1. The first-order valence-corrected chi connectivity index (χ1v) is 5.96. The minimum atomic E-state index is -0.368. The van der Waals surface area contributed by atoms with E-state index in [4.69, 9.17) is 4.74 Å². The summed E-state index contributed by atoms with van der Waals surface area (Å²) in [6.07, 6.45) is 3.03. The Morgan fingerprint density at radius 3 is 2.42 bits per heavy atom. The molecule has 0 bridgehead atoms. The van der Waals surface area contributed by atoms with E-state index in [-0.39, 0.29) is 12.0 Å². The van der Waals surface area contributed by atoms with Crippen molar-refractivity contribution in [1.29, 1.82) is 0 Å². The number of nitrogens with one attached hydrogen (secondary N) is 1. The highest BCUT2D eigenvalue weighted by molar-refractivity contribution is 5.89. The predicted octanol–water partition coefficient (Wildman–Crippen LogP) is 2.36. The summed E-state index contributed by atoms with van der Waals surface area (Å²) < 4.78 is 4.78. The SMILES string of the molecule is CCOC(=O)/C=C\c1ccc(NC(=O)N(C)C)cc1. The molecule has 1 aromatic rings. The molecule has 0 saturated carbocycles. The molecule has 0 saturated heterocycles. The van der Waals surface area contributed by atoms with Crippen molar-refractivity contribution in [2.45, 2.75) is 6.92 Å². The topological polar surface area (TPSA) is 58.6 Å². The minimum absolute atomic E-state index is 0.185. The third kappa shape index (κ3) is 5.25. The Hall–Kier alpha value is -2.30. The van der Waals surface area contributed by atoms with Crippen LogP contribution in [0.25, 0.3) is 6.08 Å². The summed E-state index contributed by atoms with van der Waals surface area (Å²) in [4.78, 5) is 24.0. The Morgan fingerprint density at radius 2 is 1.89 bits per heavy atom. The van der Waals surface area contributed by atoms with Crippen LogP contribution in [0.3, 0.4) is 0 Å². The Labute approximate surface area is 112 Å². The van der Waals surface area contributed by atoms with Gasteiger partial charge < -0.3 is 15.0 Å². The average molecular weight is 262 g/mol. The second-order valence-corrected chi connectivity index (χ2v) is 4.03. The number of amides is 2. The van der Waals surface area contributed by atoms with Gasteiger partial charge in [-0.1, -0.05) is 12.1 Å². The molecular formula is C14H18N2O3. The fourth-order valence-electron chi connectivity index (χ4n) is 1.27. The zero-order valence-corrected chi connectivity index (χ0v) is 11.3. The monoisotopic (exact) mass is 262 g/mol. The molecule has 0 heterocycles. The molecule has 0 radical (unpaired) electrons. The van der Waals surface area contributed by atoms with E-state index in [1.54, 1.807) is 51.4 Å². The quantitative estimate of drug-likeness (QED) is 0.669. The van der Waals surface area contributed by atoms with Gasteiger partial charge in [0.25, 0.3) is 0 Å². The van der Waals surface area contributed by atoms with Crippen LogP contribution in [0.15, 0.2) is 30.3 Å². The first-order valence-electron chi connectivity index (χ1n) is 5.96. The van der Waals surface area contributed by atoms with Crippen LogP contribution in [0.1, 0.15) is 12.5 Å². The lowest BCUT2D eigenvalue weighted by Crippen LogP contribution is -2.27. The van der Waals surface area contributed by atoms with Gasteiger partial charge >= 0.3 is 12.0 Å². The molecule has 2 amide bonds. The van der Waals surface area contributed by atoms with E-state index in [0.29, 0.717) is 12.3 Å². The van der Waals surface area contributed by atoms with E-state index in [2.05, 4.69) is 5.32 Å². The number of esters is 1. The van der Waals surface area contributed by atoms with Crippen molar-refractivity contribution >= 4 is 23.8 Å². The van der Waals surface area contributed by atoms with Gasteiger partial charge in [0, 0.05) is 25.9 Å². The van der Waals surface area contributed by atoms with Crippen LogP contribution in [0, 0.1) is 0 Å². The number of carbonyl (C=O) groups is 2. The van der Waals surface area contributed by atoms with E-state index in [1.807, 2.05) is 0 Å². The van der Waals surface area contributed by atoms with Gasteiger partial charge in [-0.2, -0.15) is 0 Å². The highest BCUT2D eigenvalue weighted by atomic mass is 16.5. The molecule has 0 aromatic heterocycles. The van der Waals surface area contributed by atoms with Crippen molar-refractivity contribution in [3.05, 3.63) is 35.9 Å². The summed E-state index contributed by atoms with van der Waals surface area (Å²) in [6.45, 7) is 2.12. The summed E-state index contributed by atoms with van der Waals surface area (Å²) in [5.41, 5.74) is 1.56. The molecule has 1 aromatic carbocycles.